The zero-order valence-electron chi connectivity index (χ0n) is 9.71. The third-order valence-corrected chi connectivity index (χ3v) is 4.41. The Balaban J connectivity index is 1.57. The average Bonchev–Trinajstić information content (AvgIpc) is 2.86. The molecule has 0 aromatic carbocycles. The van der Waals surface area contributed by atoms with Gasteiger partial charge >= 0.3 is 5.97 Å². The Morgan fingerprint density at radius 2 is 1.88 bits per heavy atom. The average molecular weight is 235 g/mol. The number of carboxylic acid groups (broad SMARTS) is 1. The summed E-state index contributed by atoms with van der Waals surface area (Å²) in [6.07, 6.45) is 7.01. The topological polar surface area (TPSA) is 57.6 Å². The molecule has 3 rings (SSSR count). The number of likely N-dealkylation sites (tertiary alicyclic amines) is 1. The predicted octanol–water partition coefficient (Wildman–Crippen LogP) is 1.13. The van der Waals surface area contributed by atoms with Crippen LogP contribution in [0.2, 0.25) is 0 Å². The van der Waals surface area contributed by atoms with Gasteiger partial charge in [0.05, 0.1) is 5.92 Å². The summed E-state index contributed by atoms with van der Waals surface area (Å²) in [5.74, 6) is -0.0179. The van der Waals surface area contributed by atoms with E-state index in [1.165, 1.54) is 0 Å². The monoisotopic (exact) mass is 235 g/mol. The van der Waals surface area contributed by atoms with Gasteiger partial charge in [0.1, 0.15) is 0 Å². The molecule has 0 bridgehead atoms. The largest absolute Gasteiger partial charge is 0.481 e. The van der Waals surface area contributed by atoms with E-state index in [0.29, 0.717) is 13.1 Å². The molecule has 17 heavy (non-hydrogen) atoms. The van der Waals surface area contributed by atoms with Gasteiger partial charge in [-0.1, -0.05) is 12.2 Å². The second-order valence-corrected chi connectivity index (χ2v) is 5.42. The van der Waals surface area contributed by atoms with Crippen molar-refractivity contribution in [2.24, 2.45) is 23.7 Å². The maximum atomic E-state index is 12.2. The summed E-state index contributed by atoms with van der Waals surface area (Å²) in [5.41, 5.74) is 0. The van der Waals surface area contributed by atoms with E-state index in [1.807, 2.05) is 4.90 Å². The number of piperidine rings is 1. The Hall–Kier alpha value is -1.32. The third-order valence-electron chi connectivity index (χ3n) is 4.41. The van der Waals surface area contributed by atoms with Crippen molar-refractivity contribution in [2.75, 3.05) is 13.1 Å². The summed E-state index contributed by atoms with van der Waals surface area (Å²) in [4.78, 5) is 24.9. The van der Waals surface area contributed by atoms with Gasteiger partial charge in [0.15, 0.2) is 0 Å². The van der Waals surface area contributed by atoms with Crippen LogP contribution in [0.5, 0.6) is 0 Å². The molecule has 3 aliphatic rings. The highest BCUT2D eigenvalue weighted by molar-refractivity contribution is 5.81. The standard InChI is InChI=1S/C13H17NO3/c15-12(8-4-2-1-3-5-8)14-6-9-10(7-14)11(9)13(16)17/h1-2,8-11H,3-7H2,(H,16,17)/t8?,9-,10+,11?. The summed E-state index contributed by atoms with van der Waals surface area (Å²) in [6.45, 7) is 1.33. The zero-order chi connectivity index (χ0) is 12.0. The second-order valence-electron chi connectivity index (χ2n) is 5.42. The predicted molar refractivity (Wildman–Crippen MR) is 61.2 cm³/mol. The molecule has 1 amide bonds. The summed E-state index contributed by atoms with van der Waals surface area (Å²) >= 11 is 0. The Kier molecular flexibility index (Phi) is 2.45. The lowest BCUT2D eigenvalue weighted by atomic mass is 9.93. The summed E-state index contributed by atoms with van der Waals surface area (Å²) in [6, 6.07) is 0. The molecule has 1 saturated carbocycles. The van der Waals surface area contributed by atoms with Gasteiger partial charge in [-0.25, -0.2) is 0 Å². The van der Waals surface area contributed by atoms with Crippen LogP contribution >= 0.6 is 0 Å². The molecule has 0 radical (unpaired) electrons. The molecule has 1 saturated heterocycles. The van der Waals surface area contributed by atoms with Gasteiger partial charge in [-0.3, -0.25) is 9.59 Å². The summed E-state index contributed by atoms with van der Waals surface area (Å²) in [5, 5.41) is 8.92. The first-order chi connectivity index (χ1) is 8.18. The number of carboxylic acids is 1. The van der Waals surface area contributed by atoms with Gasteiger partial charge in [-0.15, -0.1) is 0 Å². The Labute approximate surface area is 100 Å². The molecule has 2 unspecified atom stereocenters. The van der Waals surface area contributed by atoms with E-state index in [2.05, 4.69) is 12.2 Å². The van der Waals surface area contributed by atoms with Crippen molar-refractivity contribution in [3.63, 3.8) is 0 Å². The lowest BCUT2D eigenvalue weighted by Crippen LogP contribution is -2.37. The molecular weight excluding hydrogens is 218 g/mol. The maximum absolute atomic E-state index is 12.2. The fraction of sp³-hybridized carbons (Fsp3) is 0.692. The Bertz CT molecular complexity index is 378. The van der Waals surface area contributed by atoms with Crippen LogP contribution < -0.4 is 0 Å². The molecule has 2 aliphatic carbocycles. The van der Waals surface area contributed by atoms with E-state index in [9.17, 15) is 9.59 Å². The van der Waals surface area contributed by atoms with Gasteiger partial charge in [-0.2, -0.15) is 0 Å². The van der Waals surface area contributed by atoms with Crippen LogP contribution in [-0.2, 0) is 9.59 Å². The molecule has 1 aliphatic heterocycles. The highest BCUT2D eigenvalue weighted by Crippen LogP contribution is 2.52. The van der Waals surface area contributed by atoms with Crippen LogP contribution in [0.3, 0.4) is 0 Å². The number of aliphatic carboxylic acids is 1. The number of hydrogen-bond acceptors (Lipinski definition) is 2. The van der Waals surface area contributed by atoms with Crippen molar-refractivity contribution < 1.29 is 14.7 Å². The SMILES string of the molecule is O=C(O)C1[C@H]2CN(C(=O)C3CC=CCC3)C[C@@H]12. The lowest BCUT2D eigenvalue weighted by Gasteiger charge is -2.25. The van der Waals surface area contributed by atoms with E-state index in [-0.39, 0.29) is 29.6 Å². The summed E-state index contributed by atoms with van der Waals surface area (Å²) in [7, 11) is 0. The molecule has 2 fully saturated rings. The molecule has 4 atom stereocenters. The summed E-state index contributed by atoms with van der Waals surface area (Å²) < 4.78 is 0. The molecule has 4 nitrogen and oxygen atoms in total. The normalized spacial score (nSPS) is 38.9. The van der Waals surface area contributed by atoms with Crippen LogP contribution in [0.4, 0.5) is 0 Å². The zero-order valence-corrected chi connectivity index (χ0v) is 9.71. The van der Waals surface area contributed by atoms with E-state index < -0.39 is 5.97 Å². The number of carbonyl (C=O) groups excluding carboxylic acids is 1. The Morgan fingerprint density at radius 3 is 2.41 bits per heavy atom. The molecule has 92 valence electrons. The van der Waals surface area contributed by atoms with Crippen LogP contribution in [0.25, 0.3) is 0 Å². The molecular formula is C13H17NO3. The van der Waals surface area contributed by atoms with Gasteiger partial charge in [0.25, 0.3) is 0 Å². The van der Waals surface area contributed by atoms with Crippen molar-refractivity contribution in [2.45, 2.75) is 19.3 Å². The fourth-order valence-electron chi connectivity index (χ4n) is 3.35. The minimum Gasteiger partial charge on any atom is -0.481 e. The number of hydrogen-bond donors (Lipinski definition) is 1. The first-order valence-electron chi connectivity index (χ1n) is 6.35. The quantitative estimate of drug-likeness (QED) is 0.730. The number of fused-ring (bicyclic) bond motifs is 1. The van der Waals surface area contributed by atoms with Crippen molar-refractivity contribution >= 4 is 11.9 Å². The number of carbonyl (C=O) groups is 2. The number of allylic oxidation sites excluding steroid dienone is 2. The lowest BCUT2D eigenvalue weighted by molar-refractivity contribution is -0.141. The molecule has 1 N–H and O–H groups in total. The van der Waals surface area contributed by atoms with Gasteiger partial charge in [0, 0.05) is 19.0 Å². The maximum Gasteiger partial charge on any atom is 0.307 e. The van der Waals surface area contributed by atoms with E-state index >= 15 is 0 Å². The van der Waals surface area contributed by atoms with Crippen molar-refractivity contribution in [1.29, 1.82) is 0 Å². The first-order valence-corrected chi connectivity index (χ1v) is 6.35. The number of rotatable bonds is 2. The third kappa shape index (κ3) is 1.75. The van der Waals surface area contributed by atoms with Gasteiger partial charge in [-0.05, 0) is 31.1 Å². The highest BCUT2D eigenvalue weighted by Gasteiger charge is 2.60. The molecule has 0 spiro atoms. The Morgan fingerprint density at radius 1 is 1.18 bits per heavy atom. The van der Waals surface area contributed by atoms with Gasteiger partial charge < -0.3 is 10.0 Å². The first kappa shape index (κ1) is 10.8. The number of amides is 1. The van der Waals surface area contributed by atoms with Crippen LogP contribution in [0.15, 0.2) is 12.2 Å². The van der Waals surface area contributed by atoms with E-state index in [0.717, 1.165) is 19.3 Å². The smallest absolute Gasteiger partial charge is 0.307 e. The fourth-order valence-corrected chi connectivity index (χ4v) is 3.35. The van der Waals surface area contributed by atoms with Crippen LogP contribution in [0.1, 0.15) is 19.3 Å². The van der Waals surface area contributed by atoms with E-state index in [4.69, 9.17) is 5.11 Å². The molecule has 1 heterocycles. The second kappa shape index (κ2) is 3.86. The van der Waals surface area contributed by atoms with Gasteiger partial charge in [0.2, 0.25) is 5.91 Å². The highest BCUT2D eigenvalue weighted by atomic mass is 16.4. The van der Waals surface area contributed by atoms with Crippen molar-refractivity contribution in [3.05, 3.63) is 12.2 Å². The minimum atomic E-state index is -0.687. The van der Waals surface area contributed by atoms with Crippen LogP contribution in [-0.4, -0.2) is 35.0 Å². The van der Waals surface area contributed by atoms with Crippen molar-refractivity contribution in [1.82, 2.24) is 4.90 Å². The molecule has 0 aromatic heterocycles. The number of nitrogens with zero attached hydrogens (tertiary/aromatic N) is 1. The van der Waals surface area contributed by atoms with E-state index in [1.54, 1.807) is 0 Å². The molecule has 4 heteroatoms. The molecule has 0 aromatic rings. The van der Waals surface area contributed by atoms with Crippen LogP contribution in [0, 0.1) is 23.7 Å². The minimum absolute atomic E-state index is 0.140. The van der Waals surface area contributed by atoms with Crippen molar-refractivity contribution in [3.8, 4) is 0 Å².